The molecule has 0 saturated heterocycles. The first-order chi connectivity index (χ1) is 13.9. The van der Waals surface area contributed by atoms with Crippen LogP contribution in [-0.2, 0) is 10.1 Å². The summed E-state index contributed by atoms with van der Waals surface area (Å²) >= 11 is 0. The second kappa shape index (κ2) is 9.59. The molecule has 0 fully saturated rings. The quantitative estimate of drug-likeness (QED) is 0.272. The van der Waals surface area contributed by atoms with Crippen LogP contribution in [0.15, 0.2) is 72.8 Å². The Bertz CT molecular complexity index is 959. The Hall–Kier alpha value is -2.42. The molecular formula is C19H13F6O3PS. The van der Waals surface area contributed by atoms with Crippen LogP contribution in [-0.4, -0.2) is 18.5 Å². The van der Waals surface area contributed by atoms with Crippen molar-refractivity contribution in [2.45, 2.75) is 5.51 Å². The lowest BCUT2D eigenvalue weighted by molar-refractivity contribution is -0.0510. The number of halogens is 6. The highest BCUT2D eigenvalue weighted by Gasteiger charge is 2.44. The summed E-state index contributed by atoms with van der Waals surface area (Å²) in [6.07, 6.45) is 0. The second-order valence-corrected chi connectivity index (χ2v) is 9.32. The molecule has 0 amide bonds. The van der Waals surface area contributed by atoms with Crippen molar-refractivity contribution < 1.29 is 39.3 Å². The van der Waals surface area contributed by atoms with Gasteiger partial charge in [-0.05, 0) is 60.2 Å². The molecule has 0 aliphatic rings. The van der Waals surface area contributed by atoms with Gasteiger partial charge >= 0.3 is 15.6 Å². The van der Waals surface area contributed by atoms with E-state index in [-0.39, 0.29) is 17.5 Å². The third-order valence-corrected chi connectivity index (χ3v) is 6.58. The largest absolute Gasteiger partial charge is 0.522 e. The van der Waals surface area contributed by atoms with Crippen LogP contribution in [0.25, 0.3) is 0 Å². The molecule has 0 bridgehead atoms. The zero-order valence-electron chi connectivity index (χ0n) is 14.8. The molecule has 3 aromatic rings. The molecule has 3 nitrogen and oxygen atoms in total. The molecule has 0 radical (unpaired) electrons. The number of rotatable bonds is 3. The van der Waals surface area contributed by atoms with Crippen molar-refractivity contribution in [2.75, 3.05) is 0 Å². The smallest absolute Gasteiger partial charge is 0.279 e. The van der Waals surface area contributed by atoms with Crippen molar-refractivity contribution >= 4 is 34.0 Å². The first kappa shape index (κ1) is 23.9. The lowest BCUT2D eigenvalue weighted by Gasteiger charge is -2.19. The van der Waals surface area contributed by atoms with E-state index in [4.69, 9.17) is 13.0 Å². The minimum Gasteiger partial charge on any atom is -0.279 e. The highest BCUT2D eigenvalue weighted by atomic mass is 32.2. The third-order valence-electron chi connectivity index (χ3n) is 3.55. The van der Waals surface area contributed by atoms with E-state index in [1.165, 1.54) is 36.4 Å². The molecule has 11 heteroatoms. The summed E-state index contributed by atoms with van der Waals surface area (Å²) < 4.78 is 97.0. The van der Waals surface area contributed by atoms with Crippen molar-refractivity contribution in [2.24, 2.45) is 0 Å². The summed E-state index contributed by atoms with van der Waals surface area (Å²) in [6, 6.07) is 18.7. The number of hydrogen-bond donors (Lipinski definition) is 1. The van der Waals surface area contributed by atoms with Crippen molar-refractivity contribution in [1.29, 1.82) is 0 Å². The predicted octanol–water partition coefficient (Wildman–Crippen LogP) is 4.26. The SMILES string of the molecule is Fc1ccc(P(c2ccc(F)cc2)c2ccc(F)cc2)cc1.O=S(=O)(O)C(F)(F)F. The average Bonchev–Trinajstić information content (AvgIpc) is 2.65. The fraction of sp³-hybridized carbons (Fsp3) is 0.0526. The van der Waals surface area contributed by atoms with Gasteiger partial charge in [-0.2, -0.15) is 21.6 Å². The van der Waals surface area contributed by atoms with Crippen LogP contribution in [0.3, 0.4) is 0 Å². The van der Waals surface area contributed by atoms with E-state index >= 15 is 0 Å². The van der Waals surface area contributed by atoms with Crippen molar-refractivity contribution in [3.05, 3.63) is 90.2 Å². The Kier molecular flexibility index (Phi) is 7.63. The fourth-order valence-electron chi connectivity index (χ4n) is 2.22. The molecule has 0 saturated carbocycles. The van der Waals surface area contributed by atoms with Crippen LogP contribution >= 0.6 is 7.92 Å². The summed E-state index contributed by atoms with van der Waals surface area (Å²) in [7, 11) is -6.82. The van der Waals surface area contributed by atoms with Gasteiger partial charge in [0.1, 0.15) is 17.5 Å². The minimum absolute atomic E-state index is 0.308. The summed E-state index contributed by atoms with van der Waals surface area (Å²) in [5.41, 5.74) is -5.53. The molecule has 0 aliphatic heterocycles. The summed E-state index contributed by atoms with van der Waals surface area (Å²) in [5, 5.41) is 2.78. The van der Waals surface area contributed by atoms with Crippen LogP contribution < -0.4 is 15.9 Å². The maximum absolute atomic E-state index is 13.2. The average molecular weight is 466 g/mol. The summed E-state index contributed by atoms with van der Waals surface area (Å²) in [6.45, 7) is 0. The number of hydrogen-bond acceptors (Lipinski definition) is 2. The van der Waals surface area contributed by atoms with Gasteiger partial charge in [0.15, 0.2) is 0 Å². The van der Waals surface area contributed by atoms with Gasteiger partial charge in [0, 0.05) is 0 Å². The maximum atomic E-state index is 13.2. The zero-order chi connectivity index (χ0) is 22.5. The Morgan fingerprint density at radius 3 is 0.967 bits per heavy atom. The van der Waals surface area contributed by atoms with Crippen LogP contribution in [0.5, 0.6) is 0 Å². The van der Waals surface area contributed by atoms with Crippen molar-refractivity contribution in [3.8, 4) is 0 Å². The first-order valence-electron chi connectivity index (χ1n) is 7.99. The molecule has 1 N–H and O–H groups in total. The van der Waals surface area contributed by atoms with Gasteiger partial charge in [0.05, 0.1) is 0 Å². The van der Waals surface area contributed by atoms with Crippen LogP contribution in [0.2, 0.25) is 0 Å². The Morgan fingerprint density at radius 1 is 0.600 bits per heavy atom. The Balaban J connectivity index is 0.000000343. The maximum Gasteiger partial charge on any atom is 0.522 e. The van der Waals surface area contributed by atoms with Crippen LogP contribution in [0.1, 0.15) is 0 Å². The molecule has 3 aromatic carbocycles. The molecule has 0 spiro atoms. The lowest BCUT2D eigenvalue weighted by atomic mass is 10.3. The van der Waals surface area contributed by atoms with E-state index in [1.807, 2.05) is 0 Å². The van der Waals surface area contributed by atoms with E-state index in [0.29, 0.717) is 0 Å². The van der Waals surface area contributed by atoms with Crippen molar-refractivity contribution in [1.82, 2.24) is 0 Å². The predicted molar refractivity (Wildman–Crippen MR) is 103 cm³/mol. The highest BCUT2D eigenvalue weighted by Crippen LogP contribution is 2.32. The molecule has 0 unspecified atom stereocenters. The van der Waals surface area contributed by atoms with Gasteiger partial charge < -0.3 is 0 Å². The van der Waals surface area contributed by atoms with E-state index in [2.05, 4.69) is 0 Å². The van der Waals surface area contributed by atoms with Gasteiger partial charge in [-0.3, -0.25) is 4.55 Å². The number of benzene rings is 3. The highest BCUT2D eigenvalue weighted by molar-refractivity contribution is 7.86. The standard InChI is InChI=1S/C18H12F3P.CHF3O3S/c19-13-1-7-16(8-2-13)22(17-9-3-14(20)4-10-17)18-11-5-15(21)6-12-18;2-1(3,4)8(5,6)7/h1-12H;(H,5,6,7). The van der Waals surface area contributed by atoms with Gasteiger partial charge in [-0.1, -0.05) is 36.4 Å². The minimum atomic E-state index is -5.84. The third kappa shape index (κ3) is 6.55. The molecular weight excluding hydrogens is 453 g/mol. The van der Waals surface area contributed by atoms with E-state index in [9.17, 15) is 26.3 Å². The van der Waals surface area contributed by atoms with E-state index in [0.717, 1.165) is 15.9 Å². The van der Waals surface area contributed by atoms with Gasteiger partial charge in [-0.15, -0.1) is 0 Å². The molecule has 0 atom stereocenters. The molecule has 0 aromatic heterocycles. The zero-order valence-corrected chi connectivity index (χ0v) is 16.5. The second-order valence-electron chi connectivity index (χ2n) is 5.69. The van der Waals surface area contributed by atoms with E-state index in [1.54, 1.807) is 36.4 Å². The summed E-state index contributed by atoms with van der Waals surface area (Å²) in [4.78, 5) is 0. The van der Waals surface area contributed by atoms with Gasteiger partial charge in [0.25, 0.3) is 0 Å². The monoisotopic (exact) mass is 466 g/mol. The first-order valence-corrected chi connectivity index (χ1v) is 10.8. The molecule has 0 heterocycles. The van der Waals surface area contributed by atoms with Crippen LogP contribution in [0.4, 0.5) is 26.3 Å². The van der Waals surface area contributed by atoms with Gasteiger partial charge in [0.2, 0.25) is 0 Å². The lowest BCUT2D eigenvalue weighted by Crippen LogP contribution is -2.21. The van der Waals surface area contributed by atoms with Crippen LogP contribution in [0, 0.1) is 17.5 Å². The summed E-state index contributed by atoms with van der Waals surface area (Å²) in [5.74, 6) is -0.925. The topological polar surface area (TPSA) is 54.4 Å². The van der Waals surface area contributed by atoms with Gasteiger partial charge in [-0.25, -0.2) is 13.2 Å². The molecule has 3 rings (SSSR count). The Labute approximate surface area is 169 Å². The normalized spacial score (nSPS) is 11.7. The number of alkyl halides is 3. The van der Waals surface area contributed by atoms with Crippen molar-refractivity contribution in [3.63, 3.8) is 0 Å². The Morgan fingerprint density at radius 2 is 0.800 bits per heavy atom. The molecule has 0 aliphatic carbocycles. The fourth-order valence-corrected chi connectivity index (χ4v) is 4.45. The van der Waals surface area contributed by atoms with E-state index < -0.39 is 23.5 Å². The molecule has 160 valence electrons. The molecule has 30 heavy (non-hydrogen) atoms.